The Morgan fingerprint density at radius 1 is 1.19 bits per heavy atom. The summed E-state index contributed by atoms with van der Waals surface area (Å²) in [4.78, 5) is 14.4. The summed E-state index contributed by atoms with van der Waals surface area (Å²) in [6, 6.07) is 8.15. The van der Waals surface area contributed by atoms with E-state index in [1.54, 1.807) is 35.2 Å². The number of carbonyl (C=O) groups is 1. The van der Waals surface area contributed by atoms with Gasteiger partial charge >= 0.3 is 0 Å². The van der Waals surface area contributed by atoms with Gasteiger partial charge in [0.2, 0.25) is 0 Å². The zero-order chi connectivity index (χ0) is 18.9. The SMILES string of the molecule is COc1ccc(Cl)cc1C(=O)N1CCN(S(=O)(=O)c2ccc(Br)s2)CC1. The summed E-state index contributed by atoms with van der Waals surface area (Å²) in [5.41, 5.74) is 0.374. The maximum absolute atomic E-state index is 12.8. The minimum Gasteiger partial charge on any atom is -0.496 e. The molecule has 2 heterocycles. The number of hydrogen-bond donors (Lipinski definition) is 0. The number of rotatable bonds is 4. The molecular formula is C16H16BrClN2O4S2. The van der Waals surface area contributed by atoms with Gasteiger partial charge in [-0.1, -0.05) is 11.6 Å². The number of carbonyl (C=O) groups excluding carboxylic acids is 1. The molecule has 10 heteroatoms. The van der Waals surface area contributed by atoms with Crippen molar-refractivity contribution in [3.8, 4) is 5.75 Å². The minimum absolute atomic E-state index is 0.222. The van der Waals surface area contributed by atoms with Gasteiger partial charge in [-0.25, -0.2) is 8.42 Å². The summed E-state index contributed by atoms with van der Waals surface area (Å²) in [5, 5.41) is 0.443. The molecule has 0 bridgehead atoms. The number of sulfonamides is 1. The highest BCUT2D eigenvalue weighted by molar-refractivity contribution is 9.11. The van der Waals surface area contributed by atoms with Crippen LogP contribution in [0, 0.1) is 0 Å². The average molecular weight is 480 g/mol. The topological polar surface area (TPSA) is 66.9 Å². The Bertz CT molecular complexity index is 924. The monoisotopic (exact) mass is 478 g/mol. The van der Waals surface area contributed by atoms with E-state index < -0.39 is 10.0 Å². The van der Waals surface area contributed by atoms with Crippen LogP contribution in [0.25, 0.3) is 0 Å². The van der Waals surface area contributed by atoms with Crippen LogP contribution in [0.4, 0.5) is 0 Å². The van der Waals surface area contributed by atoms with Crippen molar-refractivity contribution in [2.24, 2.45) is 0 Å². The van der Waals surface area contributed by atoms with Gasteiger partial charge in [0.15, 0.2) is 0 Å². The molecule has 1 saturated heterocycles. The second kappa shape index (κ2) is 7.85. The maximum Gasteiger partial charge on any atom is 0.257 e. The molecule has 1 amide bonds. The van der Waals surface area contributed by atoms with E-state index in [1.165, 1.54) is 22.8 Å². The maximum atomic E-state index is 12.8. The van der Waals surface area contributed by atoms with Crippen LogP contribution in [0.1, 0.15) is 10.4 Å². The van der Waals surface area contributed by atoms with Gasteiger partial charge in [0.1, 0.15) is 9.96 Å². The summed E-state index contributed by atoms with van der Waals surface area (Å²) in [6.07, 6.45) is 0. The zero-order valence-electron chi connectivity index (χ0n) is 13.8. The first-order valence-corrected chi connectivity index (χ1v) is 11.1. The number of piperazine rings is 1. The molecule has 140 valence electrons. The molecule has 0 saturated carbocycles. The van der Waals surface area contributed by atoms with Crippen molar-refractivity contribution in [2.75, 3.05) is 33.3 Å². The lowest BCUT2D eigenvalue weighted by atomic mass is 10.1. The standard InChI is InChI=1S/C16H16BrClN2O4S2/c1-24-13-3-2-11(18)10-12(13)16(21)19-6-8-20(9-7-19)26(22,23)15-5-4-14(17)25-15/h2-5,10H,6-9H2,1H3. The Morgan fingerprint density at radius 2 is 1.88 bits per heavy atom. The third-order valence-corrected chi connectivity index (χ3v) is 8.29. The molecule has 0 unspecified atom stereocenters. The second-order valence-corrected chi connectivity index (χ2v) is 10.7. The highest BCUT2D eigenvalue weighted by Crippen LogP contribution is 2.29. The molecule has 6 nitrogen and oxygen atoms in total. The summed E-state index contributed by atoms with van der Waals surface area (Å²) in [7, 11) is -2.05. The van der Waals surface area contributed by atoms with Crippen molar-refractivity contribution in [2.45, 2.75) is 4.21 Å². The number of ether oxygens (including phenoxy) is 1. The van der Waals surface area contributed by atoms with Gasteiger partial charge in [0.05, 0.1) is 16.5 Å². The largest absolute Gasteiger partial charge is 0.496 e. The number of hydrogen-bond acceptors (Lipinski definition) is 5. The fourth-order valence-electron chi connectivity index (χ4n) is 2.71. The molecule has 0 aliphatic carbocycles. The molecular weight excluding hydrogens is 464 g/mol. The third kappa shape index (κ3) is 3.91. The van der Waals surface area contributed by atoms with Gasteiger partial charge in [-0.3, -0.25) is 4.79 Å². The number of amides is 1. The van der Waals surface area contributed by atoms with Crippen LogP contribution in [0.3, 0.4) is 0 Å². The lowest BCUT2D eigenvalue weighted by molar-refractivity contribution is 0.0694. The molecule has 3 rings (SSSR count). The number of nitrogens with zero attached hydrogens (tertiary/aromatic N) is 2. The number of benzene rings is 1. The predicted molar refractivity (Wildman–Crippen MR) is 105 cm³/mol. The molecule has 1 aromatic heterocycles. The van der Waals surface area contributed by atoms with Gasteiger partial charge in [-0.05, 0) is 46.3 Å². The minimum atomic E-state index is -3.54. The van der Waals surface area contributed by atoms with Crippen LogP contribution >= 0.6 is 38.9 Å². The van der Waals surface area contributed by atoms with E-state index in [1.807, 2.05) is 0 Å². The van der Waals surface area contributed by atoms with E-state index in [0.717, 1.165) is 3.79 Å². The van der Waals surface area contributed by atoms with Gasteiger partial charge in [-0.15, -0.1) is 11.3 Å². The fourth-order valence-corrected chi connectivity index (χ4v) is 6.47. The summed E-state index contributed by atoms with van der Waals surface area (Å²) < 4.78 is 33.0. The molecule has 26 heavy (non-hydrogen) atoms. The zero-order valence-corrected chi connectivity index (χ0v) is 17.8. The first-order chi connectivity index (χ1) is 12.3. The smallest absolute Gasteiger partial charge is 0.257 e. The van der Waals surface area contributed by atoms with Gasteiger partial charge < -0.3 is 9.64 Å². The Hall–Kier alpha value is -1.13. The predicted octanol–water partition coefficient (Wildman–Crippen LogP) is 3.32. The molecule has 2 aromatic rings. The molecule has 1 aliphatic heterocycles. The number of methoxy groups -OCH3 is 1. The average Bonchev–Trinajstić information content (AvgIpc) is 3.08. The van der Waals surface area contributed by atoms with E-state index in [0.29, 0.717) is 33.6 Å². The van der Waals surface area contributed by atoms with Crippen molar-refractivity contribution in [3.63, 3.8) is 0 Å². The van der Waals surface area contributed by atoms with Gasteiger partial charge in [-0.2, -0.15) is 4.31 Å². The van der Waals surface area contributed by atoms with Crippen LogP contribution in [-0.4, -0.2) is 56.8 Å². The van der Waals surface area contributed by atoms with Crippen LogP contribution in [-0.2, 0) is 10.0 Å². The molecule has 0 radical (unpaired) electrons. The number of halogens is 2. The second-order valence-electron chi connectivity index (χ2n) is 5.60. The van der Waals surface area contributed by atoms with E-state index in [4.69, 9.17) is 16.3 Å². The first kappa shape index (κ1) is 19.6. The van der Waals surface area contributed by atoms with E-state index in [-0.39, 0.29) is 19.0 Å². The van der Waals surface area contributed by atoms with Gasteiger partial charge in [0.25, 0.3) is 15.9 Å². The van der Waals surface area contributed by atoms with Crippen molar-refractivity contribution in [3.05, 3.63) is 44.7 Å². The quantitative estimate of drug-likeness (QED) is 0.675. The fraction of sp³-hybridized carbons (Fsp3) is 0.312. The summed E-state index contributed by atoms with van der Waals surface area (Å²) in [5.74, 6) is 0.221. The Balaban J connectivity index is 1.73. The highest BCUT2D eigenvalue weighted by atomic mass is 79.9. The molecule has 1 aromatic carbocycles. The van der Waals surface area contributed by atoms with Crippen LogP contribution in [0.2, 0.25) is 5.02 Å². The Morgan fingerprint density at radius 3 is 2.46 bits per heavy atom. The Kier molecular flexibility index (Phi) is 5.93. The van der Waals surface area contributed by atoms with Crippen molar-refractivity contribution in [1.29, 1.82) is 0 Å². The van der Waals surface area contributed by atoms with Crippen molar-refractivity contribution < 1.29 is 17.9 Å². The Labute approximate surface area is 169 Å². The van der Waals surface area contributed by atoms with Crippen LogP contribution in [0.15, 0.2) is 38.3 Å². The normalized spacial score (nSPS) is 15.9. The first-order valence-electron chi connectivity index (χ1n) is 7.71. The van der Waals surface area contributed by atoms with E-state index in [2.05, 4.69) is 15.9 Å². The van der Waals surface area contributed by atoms with Gasteiger partial charge in [0, 0.05) is 31.2 Å². The van der Waals surface area contributed by atoms with Crippen molar-refractivity contribution in [1.82, 2.24) is 9.21 Å². The molecule has 1 fully saturated rings. The summed E-state index contributed by atoms with van der Waals surface area (Å²) in [6.45, 7) is 1.10. The lowest BCUT2D eigenvalue weighted by Crippen LogP contribution is -2.50. The summed E-state index contributed by atoms with van der Waals surface area (Å²) >= 11 is 10.4. The van der Waals surface area contributed by atoms with Crippen molar-refractivity contribution >= 4 is 54.8 Å². The molecule has 0 N–H and O–H groups in total. The number of thiophene rings is 1. The highest BCUT2D eigenvalue weighted by Gasteiger charge is 2.32. The van der Waals surface area contributed by atoms with Crippen LogP contribution < -0.4 is 4.74 Å². The molecule has 1 aliphatic rings. The molecule has 0 spiro atoms. The lowest BCUT2D eigenvalue weighted by Gasteiger charge is -2.34. The van der Waals surface area contributed by atoms with E-state index >= 15 is 0 Å². The third-order valence-electron chi connectivity index (χ3n) is 4.06. The molecule has 0 atom stereocenters. The van der Waals surface area contributed by atoms with E-state index in [9.17, 15) is 13.2 Å². The van der Waals surface area contributed by atoms with Crippen LogP contribution in [0.5, 0.6) is 5.75 Å².